The van der Waals surface area contributed by atoms with Crippen molar-refractivity contribution >= 4 is 22.7 Å². The summed E-state index contributed by atoms with van der Waals surface area (Å²) in [4.78, 5) is 25.9. The summed E-state index contributed by atoms with van der Waals surface area (Å²) in [6, 6.07) is 17.5. The molecule has 0 N–H and O–H groups in total. The predicted octanol–water partition coefficient (Wildman–Crippen LogP) is 2.68. The maximum absolute atomic E-state index is 12.7. The van der Waals surface area contributed by atoms with Crippen LogP contribution in [0.5, 0.6) is 0 Å². The minimum atomic E-state index is -0.400. The number of methoxy groups -OCH3 is 1. The Morgan fingerprint density at radius 2 is 1.88 bits per heavy atom. The zero-order chi connectivity index (χ0) is 21.9. The molecule has 1 aliphatic rings. The number of ether oxygens (including phenoxy) is 1. The number of hydrogen-bond donors (Lipinski definition) is 0. The summed E-state index contributed by atoms with van der Waals surface area (Å²) in [5.41, 5.74) is 2.94. The van der Waals surface area contributed by atoms with Crippen LogP contribution >= 0.6 is 0 Å². The number of nitrogens with zero attached hydrogens (tertiary/aromatic N) is 6. The molecule has 0 bridgehead atoms. The fourth-order valence-corrected chi connectivity index (χ4v) is 4.20. The van der Waals surface area contributed by atoms with Crippen molar-refractivity contribution in [2.24, 2.45) is 0 Å². The van der Waals surface area contributed by atoms with Gasteiger partial charge in [-0.05, 0) is 24.3 Å². The van der Waals surface area contributed by atoms with Crippen molar-refractivity contribution in [3.05, 3.63) is 78.9 Å². The zero-order valence-corrected chi connectivity index (χ0v) is 17.8. The van der Waals surface area contributed by atoms with E-state index in [9.17, 15) is 4.79 Å². The normalized spacial score (nSPS) is 16.9. The van der Waals surface area contributed by atoms with E-state index in [1.807, 2.05) is 71.7 Å². The lowest BCUT2D eigenvalue weighted by Crippen LogP contribution is -2.56. The number of esters is 1. The van der Waals surface area contributed by atoms with Crippen molar-refractivity contribution in [3.63, 3.8) is 0 Å². The first-order valence-corrected chi connectivity index (χ1v) is 10.6. The lowest BCUT2D eigenvalue weighted by molar-refractivity contribution is -0.147. The van der Waals surface area contributed by atoms with Crippen molar-refractivity contribution in [3.8, 4) is 5.69 Å². The zero-order valence-electron chi connectivity index (χ0n) is 17.8. The third kappa shape index (κ3) is 3.92. The smallest absolute Gasteiger partial charge is 0.324 e. The number of para-hydroxylation sites is 2. The van der Waals surface area contributed by atoms with Gasteiger partial charge in [-0.1, -0.05) is 30.3 Å². The van der Waals surface area contributed by atoms with Gasteiger partial charge in [-0.2, -0.15) is 5.10 Å². The van der Waals surface area contributed by atoms with Gasteiger partial charge in [0.2, 0.25) is 0 Å². The van der Waals surface area contributed by atoms with Crippen LogP contribution in [-0.4, -0.2) is 63.4 Å². The molecule has 3 heterocycles. The highest BCUT2D eigenvalue weighted by Crippen LogP contribution is 2.26. The molecule has 4 aromatic rings. The minimum absolute atomic E-state index is 0.247. The van der Waals surface area contributed by atoms with Gasteiger partial charge in [-0.15, -0.1) is 0 Å². The lowest BCUT2D eigenvalue weighted by atomic mass is 10.1. The Morgan fingerprint density at radius 3 is 2.72 bits per heavy atom. The van der Waals surface area contributed by atoms with E-state index in [4.69, 9.17) is 4.74 Å². The van der Waals surface area contributed by atoms with Gasteiger partial charge in [-0.25, -0.2) is 14.6 Å². The monoisotopic (exact) mass is 428 g/mol. The van der Waals surface area contributed by atoms with E-state index in [-0.39, 0.29) is 5.97 Å². The fourth-order valence-electron chi connectivity index (χ4n) is 4.20. The van der Waals surface area contributed by atoms with Crippen LogP contribution in [0.3, 0.4) is 0 Å². The summed E-state index contributed by atoms with van der Waals surface area (Å²) in [6.07, 6.45) is 5.44. The highest BCUT2D eigenvalue weighted by molar-refractivity contribution is 5.89. The van der Waals surface area contributed by atoms with E-state index in [0.717, 1.165) is 34.5 Å². The number of rotatable bonds is 5. The Hall–Kier alpha value is -3.78. The van der Waals surface area contributed by atoms with E-state index in [0.29, 0.717) is 19.6 Å². The molecule has 0 amide bonds. The molecule has 2 aromatic carbocycles. The average Bonchev–Trinajstić information content (AvgIpc) is 3.32. The molecule has 5 rings (SSSR count). The molecule has 2 aromatic heterocycles. The first-order valence-electron chi connectivity index (χ1n) is 10.6. The van der Waals surface area contributed by atoms with Crippen molar-refractivity contribution in [2.75, 3.05) is 31.6 Å². The summed E-state index contributed by atoms with van der Waals surface area (Å²) in [7, 11) is 1.44. The maximum atomic E-state index is 12.7. The van der Waals surface area contributed by atoms with Gasteiger partial charge in [0.1, 0.15) is 18.2 Å². The van der Waals surface area contributed by atoms with Gasteiger partial charge in [0.15, 0.2) is 0 Å². The van der Waals surface area contributed by atoms with Crippen LogP contribution in [0.15, 0.2) is 73.3 Å². The molecule has 1 unspecified atom stereocenters. The number of hydrogen-bond acceptors (Lipinski definition) is 7. The number of carbonyl (C=O) groups is 1. The number of anilines is 1. The maximum Gasteiger partial charge on any atom is 0.324 e. The fraction of sp³-hybridized carbons (Fsp3) is 0.250. The highest BCUT2D eigenvalue weighted by atomic mass is 16.5. The Kier molecular flexibility index (Phi) is 5.51. The summed E-state index contributed by atoms with van der Waals surface area (Å²) >= 11 is 0. The number of carbonyl (C=O) groups excluding carboxylic acids is 1. The molecule has 1 fully saturated rings. The Bertz CT molecular complexity index is 1220. The van der Waals surface area contributed by atoms with E-state index in [1.165, 1.54) is 7.11 Å². The van der Waals surface area contributed by atoms with E-state index in [1.54, 1.807) is 6.33 Å². The molecule has 1 saturated heterocycles. The van der Waals surface area contributed by atoms with Crippen LogP contribution in [0.2, 0.25) is 0 Å². The van der Waals surface area contributed by atoms with Crippen molar-refractivity contribution < 1.29 is 9.53 Å². The predicted molar refractivity (Wildman–Crippen MR) is 122 cm³/mol. The molecule has 0 saturated carbocycles. The van der Waals surface area contributed by atoms with Crippen molar-refractivity contribution in [2.45, 2.75) is 12.6 Å². The number of aromatic nitrogens is 4. The molecule has 1 atom stereocenters. The molecular formula is C24H24N6O2. The van der Waals surface area contributed by atoms with Gasteiger partial charge in [-0.3, -0.25) is 9.69 Å². The van der Waals surface area contributed by atoms with Crippen LogP contribution in [-0.2, 0) is 16.1 Å². The topological polar surface area (TPSA) is 76.4 Å². The van der Waals surface area contributed by atoms with Gasteiger partial charge < -0.3 is 9.64 Å². The van der Waals surface area contributed by atoms with Crippen LogP contribution in [0.1, 0.15) is 5.56 Å². The summed E-state index contributed by atoms with van der Waals surface area (Å²) in [5.74, 6) is 0.601. The van der Waals surface area contributed by atoms with Gasteiger partial charge in [0.25, 0.3) is 0 Å². The second kappa shape index (κ2) is 8.76. The lowest BCUT2D eigenvalue weighted by Gasteiger charge is -2.40. The largest absolute Gasteiger partial charge is 0.468 e. The number of fused-ring (bicyclic) bond motifs is 1. The SMILES string of the molecule is COC(=O)C1CN(c2ncnc3ccccc23)CCN1Cc1cnn(-c2ccccc2)c1. The molecule has 0 spiro atoms. The van der Waals surface area contributed by atoms with Crippen LogP contribution in [0.25, 0.3) is 16.6 Å². The highest BCUT2D eigenvalue weighted by Gasteiger charge is 2.34. The van der Waals surface area contributed by atoms with E-state index in [2.05, 4.69) is 24.9 Å². The molecule has 162 valence electrons. The third-order valence-corrected chi connectivity index (χ3v) is 5.83. The summed E-state index contributed by atoms with van der Waals surface area (Å²) in [6.45, 7) is 2.57. The molecule has 0 radical (unpaired) electrons. The summed E-state index contributed by atoms with van der Waals surface area (Å²) in [5, 5.41) is 5.47. The average molecular weight is 428 g/mol. The molecule has 0 aliphatic carbocycles. The molecule has 8 heteroatoms. The molecule has 8 nitrogen and oxygen atoms in total. The molecule has 32 heavy (non-hydrogen) atoms. The van der Waals surface area contributed by atoms with Crippen LogP contribution in [0, 0.1) is 0 Å². The second-order valence-corrected chi connectivity index (χ2v) is 7.80. The van der Waals surface area contributed by atoms with Crippen molar-refractivity contribution in [1.82, 2.24) is 24.6 Å². The Balaban J connectivity index is 1.37. The number of benzene rings is 2. The van der Waals surface area contributed by atoms with Gasteiger partial charge in [0, 0.05) is 43.3 Å². The quantitative estimate of drug-likeness (QED) is 0.452. The van der Waals surface area contributed by atoms with Crippen LogP contribution in [0.4, 0.5) is 5.82 Å². The minimum Gasteiger partial charge on any atom is -0.468 e. The first kappa shape index (κ1) is 20.1. The number of piperazine rings is 1. The standard InChI is InChI=1S/C24H24N6O2/c1-32-24(31)22-16-29(23-20-9-5-6-10-21(20)25-17-26-23)12-11-28(22)14-18-13-27-30(15-18)19-7-3-2-4-8-19/h2-10,13,15,17,22H,11-12,14,16H2,1H3. The van der Waals surface area contributed by atoms with Gasteiger partial charge in [0.05, 0.1) is 24.5 Å². The first-order chi connectivity index (χ1) is 15.7. The molecular weight excluding hydrogens is 404 g/mol. The van der Waals surface area contributed by atoms with E-state index >= 15 is 0 Å². The Morgan fingerprint density at radius 1 is 1.06 bits per heavy atom. The molecule has 1 aliphatic heterocycles. The van der Waals surface area contributed by atoms with Crippen molar-refractivity contribution in [1.29, 1.82) is 0 Å². The van der Waals surface area contributed by atoms with E-state index < -0.39 is 6.04 Å². The second-order valence-electron chi connectivity index (χ2n) is 7.80. The van der Waals surface area contributed by atoms with Crippen LogP contribution < -0.4 is 4.90 Å². The third-order valence-electron chi connectivity index (χ3n) is 5.83. The summed E-state index contributed by atoms with van der Waals surface area (Å²) < 4.78 is 7.00. The van der Waals surface area contributed by atoms with Gasteiger partial charge >= 0.3 is 5.97 Å². The Labute approximate surface area is 186 Å².